The molecule has 0 spiro atoms. The Labute approximate surface area is 129 Å². The largest absolute Gasteiger partial charge is 0.370 e. The Balaban J connectivity index is 2.93. The summed E-state index contributed by atoms with van der Waals surface area (Å²) in [6.07, 6.45) is 3.69. The lowest BCUT2D eigenvalue weighted by atomic mass is 10.0. The quantitative estimate of drug-likeness (QED) is 0.733. The molecular weight excluding hydrogens is 262 g/mol. The van der Waals surface area contributed by atoms with E-state index in [1.165, 1.54) is 5.56 Å². The van der Waals surface area contributed by atoms with Crippen LogP contribution in [-0.2, 0) is 6.42 Å². The van der Waals surface area contributed by atoms with Gasteiger partial charge < -0.3 is 15.5 Å². The van der Waals surface area contributed by atoms with E-state index in [0.717, 1.165) is 37.6 Å². The first-order chi connectivity index (χ1) is 9.97. The average Bonchev–Trinajstić information content (AvgIpc) is 2.37. The Hall–Kier alpha value is -1.36. The minimum atomic E-state index is 0.398. The Morgan fingerprint density at radius 3 is 2.33 bits per heavy atom. The van der Waals surface area contributed by atoms with Gasteiger partial charge in [0.2, 0.25) is 0 Å². The predicted octanol–water partition coefficient (Wildman–Crippen LogP) is 2.86. The van der Waals surface area contributed by atoms with Crippen LogP contribution >= 0.6 is 0 Å². The highest BCUT2D eigenvalue weighted by atomic mass is 15.1. The SMILES string of the molecule is CCNc1ncnc(NC(CC(C)C)CN(C)C)c1CC. The molecule has 0 aliphatic rings. The number of hydrogen-bond donors (Lipinski definition) is 2. The van der Waals surface area contributed by atoms with Crippen molar-refractivity contribution < 1.29 is 0 Å². The van der Waals surface area contributed by atoms with Crippen molar-refractivity contribution in [1.29, 1.82) is 0 Å². The summed E-state index contributed by atoms with van der Waals surface area (Å²) in [4.78, 5) is 11.0. The average molecular weight is 293 g/mol. The maximum Gasteiger partial charge on any atom is 0.134 e. The second-order valence-corrected chi connectivity index (χ2v) is 6.17. The zero-order chi connectivity index (χ0) is 15.8. The molecule has 2 N–H and O–H groups in total. The van der Waals surface area contributed by atoms with Gasteiger partial charge in [0, 0.05) is 24.7 Å². The van der Waals surface area contributed by atoms with Gasteiger partial charge in [0.15, 0.2) is 0 Å². The number of nitrogens with one attached hydrogen (secondary N) is 2. The van der Waals surface area contributed by atoms with E-state index < -0.39 is 0 Å². The van der Waals surface area contributed by atoms with Crippen LogP contribution in [0.2, 0.25) is 0 Å². The molecule has 0 amide bonds. The first-order valence-electron chi connectivity index (χ1n) is 7.96. The van der Waals surface area contributed by atoms with Crippen molar-refractivity contribution in [1.82, 2.24) is 14.9 Å². The molecule has 0 fully saturated rings. The van der Waals surface area contributed by atoms with Crippen LogP contribution in [0.3, 0.4) is 0 Å². The number of anilines is 2. The third-order valence-corrected chi connectivity index (χ3v) is 3.33. The van der Waals surface area contributed by atoms with Gasteiger partial charge in [-0.2, -0.15) is 0 Å². The van der Waals surface area contributed by atoms with E-state index in [1.807, 2.05) is 0 Å². The van der Waals surface area contributed by atoms with Gasteiger partial charge in [-0.25, -0.2) is 9.97 Å². The number of nitrogens with zero attached hydrogens (tertiary/aromatic N) is 3. The monoisotopic (exact) mass is 293 g/mol. The van der Waals surface area contributed by atoms with Crippen molar-refractivity contribution in [3.8, 4) is 0 Å². The highest BCUT2D eigenvalue weighted by molar-refractivity contribution is 5.57. The van der Waals surface area contributed by atoms with Crippen molar-refractivity contribution >= 4 is 11.6 Å². The molecule has 1 unspecified atom stereocenters. The number of rotatable bonds is 9. The number of likely N-dealkylation sites (N-methyl/N-ethyl adjacent to an activating group) is 1. The molecule has 1 aromatic heterocycles. The Morgan fingerprint density at radius 2 is 1.81 bits per heavy atom. The van der Waals surface area contributed by atoms with E-state index in [2.05, 4.69) is 67.3 Å². The van der Waals surface area contributed by atoms with Crippen LogP contribution in [0, 0.1) is 5.92 Å². The Kier molecular flexibility index (Phi) is 7.43. The second-order valence-electron chi connectivity index (χ2n) is 6.17. The maximum atomic E-state index is 4.47. The van der Waals surface area contributed by atoms with E-state index in [0.29, 0.717) is 12.0 Å². The van der Waals surface area contributed by atoms with Crippen molar-refractivity contribution in [2.45, 2.75) is 46.6 Å². The molecule has 0 aliphatic heterocycles. The molecule has 1 rings (SSSR count). The standard InChI is InChI=1S/C16H31N5/c1-7-14-15(17-8-2)18-11-19-16(14)20-13(9-12(3)4)10-21(5)6/h11-13H,7-10H2,1-6H3,(H2,17,18,19,20). The summed E-state index contributed by atoms with van der Waals surface area (Å²) in [5.41, 5.74) is 1.17. The first-order valence-corrected chi connectivity index (χ1v) is 7.96. The minimum absolute atomic E-state index is 0.398. The van der Waals surface area contributed by atoms with Gasteiger partial charge >= 0.3 is 0 Å². The highest BCUT2D eigenvalue weighted by Gasteiger charge is 2.16. The molecule has 1 atom stereocenters. The van der Waals surface area contributed by atoms with Crippen LogP contribution in [0.5, 0.6) is 0 Å². The van der Waals surface area contributed by atoms with Gasteiger partial charge in [-0.15, -0.1) is 0 Å². The number of hydrogen-bond acceptors (Lipinski definition) is 5. The summed E-state index contributed by atoms with van der Waals surface area (Å²) in [7, 11) is 4.22. The van der Waals surface area contributed by atoms with Crippen molar-refractivity contribution in [3.05, 3.63) is 11.9 Å². The zero-order valence-electron chi connectivity index (χ0n) is 14.4. The summed E-state index contributed by atoms with van der Waals surface area (Å²) < 4.78 is 0. The van der Waals surface area contributed by atoms with Crippen LogP contribution in [0.4, 0.5) is 11.6 Å². The minimum Gasteiger partial charge on any atom is -0.370 e. The van der Waals surface area contributed by atoms with Gasteiger partial charge in [-0.1, -0.05) is 20.8 Å². The smallest absolute Gasteiger partial charge is 0.134 e. The van der Waals surface area contributed by atoms with E-state index in [9.17, 15) is 0 Å². The molecule has 5 heteroatoms. The van der Waals surface area contributed by atoms with Crippen LogP contribution in [0.25, 0.3) is 0 Å². The molecule has 120 valence electrons. The van der Waals surface area contributed by atoms with Crippen LogP contribution < -0.4 is 10.6 Å². The fourth-order valence-electron chi connectivity index (χ4n) is 2.57. The molecule has 1 heterocycles. The molecule has 5 nitrogen and oxygen atoms in total. The van der Waals surface area contributed by atoms with Crippen LogP contribution in [0.1, 0.15) is 39.7 Å². The van der Waals surface area contributed by atoms with Gasteiger partial charge in [-0.3, -0.25) is 0 Å². The summed E-state index contributed by atoms with van der Waals surface area (Å²) in [5, 5.41) is 6.95. The molecule has 0 saturated heterocycles. The Bertz CT molecular complexity index is 407. The topological polar surface area (TPSA) is 53.1 Å². The second kappa shape index (κ2) is 8.82. The fourth-order valence-corrected chi connectivity index (χ4v) is 2.57. The molecular formula is C16H31N5. The van der Waals surface area contributed by atoms with Gasteiger partial charge in [0.05, 0.1) is 0 Å². The highest BCUT2D eigenvalue weighted by Crippen LogP contribution is 2.22. The van der Waals surface area contributed by atoms with E-state index >= 15 is 0 Å². The molecule has 1 aromatic rings. The first kappa shape index (κ1) is 17.7. The van der Waals surface area contributed by atoms with Gasteiger partial charge in [-0.05, 0) is 39.8 Å². The molecule has 0 aliphatic carbocycles. The van der Waals surface area contributed by atoms with Crippen LogP contribution in [0.15, 0.2) is 6.33 Å². The van der Waals surface area contributed by atoms with E-state index in [1.54, 1.807) is 6.33 Å². The summed E-state index contributed by atoms with van der Waals surface area (Å²) in [6, 6.07) is 0.398. The summed E-state index contributed by atoms with van der Waals surface area (Å²) in [6.45, 7) is 10.6. The molecule has 0 aromatic carbocycles. The molecule has 21 heavy (non-hydrogen) atoms. The van der Waals surface area contributed by atoms with E-state index in [-0.39, 0.29) is 0 Å². The third-order valence-electron chi connectivity index (χ3n) is 3.33. The molecule has 0 bridgehead atoms. The van der Waals surface area contributed by atoms with Gasteiger partial charge in [0.25, 0.3) is 0 Å². The fraction of sp³-hybridized carbons (Fsp3) is 0.750. The normalized spacial score (nSPS) is 12.8. The summed E-state index contributed by atoms with van der Waals surface area (Å²) in [5.74, 6) is 2.57. The summed E-state index contributed by atoms with van der Waals surface area (Å²) >= 11 is 0. The zero-order valence-corrected chi connectivity index (χ0v) is 14.4. The van der Waals surface area contributed by atoms with Crippen molar-refractivity contribution in [2.75, 3.05) is 37.8 Å². The third kappa shape index (κ3) is 5.87. The van der Waals surface area contributed by atoms with Crippen molar-refractivity contribution in [3.63, 3.8) is 0 Å². The predicted molar refractivity (Wildman–Crippen MR) is 91.0 cm³/mol. The molecule has 0 radical (unpaired) electrons. The van der Waals surface area contributed by atoms with E-state index in [4.69, 9.17) is 0 Å². The lowest BCUT2D eigenvalue weighted by Gasteiger charge is -2.25. The maximum absolute atomic E-state index is 4.47. The van der Waals surface area contributed by atoms with Gasteiger partial charge in [0.1, 0.15) is 18.0 Å². The lowest BCUT2D eigenvalue weighted by Crippen LogP contribution is -2.34. The molecule has 0 saturated carbocycles. The number of aromatic nitrogens is 2. The van der Waals surface area contributed by atoms with Crippen molar-refractivity contribution in [2.24, 2.45) is 5.92 Å². The van der Waals surface area contributed by atoms with Crippen LogP contribution in [-0.4, -0.2) is 48.1 Å². The lowest BCUT2D eigenvalue weighted by molar-refractivity contribution is 0.356. The Morgan fingerprint density at radius 1 is 1.14 bits per heavy atom.